The van der Waals surface area contributed by atoms with Crippen molar-refractivity contribution in [3.05, 3.63) is 34.1 Å². The Labute approximate surface area is 99.0 Å². The van der Waals surface area contributed by atoms with Gasteiger partial charge in [0.25, 0.3) is 5.69 Å². The van der Waals surface area contributed by atoms with Gasteiger partial charge in [-0.1, -0.05) is 19.8 Å². The Hall–Kier alpha value is -1.91. The third-order valence-corrected chi connectivity index (χ3v) is 2.74. The molecule has 0 aliphatic rings. The third kappa shape index (κ3) is 2.61. The summed E-state index contributed by atoms with van der Waals surface area (Å²) in [7, 11) is 0. The van der Waals surface area contributed by atoms with Gasteiger partial charge in [0.1, 0.15) is 5.82 Å². The Morgan fingerprint density at radius 3 is 2.94 bits per heavy atom. The highest BCUT2D eigenvalue weighted by molar-refractivity contribution is 5.77. The van der Waals surface area contributed by atoms with Gasteiger partial charge in [-0.25, -0.2) is 4.98 Å². The molecule has 1 N–H and O–H groups in total. The molecule has 0 fully saturated rings. The highest BCUT2D eigenvalue weighted by Gasteiger charge is 2.09. The molecule has 0 saturated heterocycles. The molecule has 90 valence electrons. The Bertz CT molecular complexity index is 534. The summed E-state index contributed by atoms with van der Waals surface area (Å²) in [4.78, 5) is 17.8. The Morgan fingerprint density at radius 2 is 2.24 bits per heavy atom. The smallest absolute Gasteiger partial charge is 0.271 e. The molecule has 5 heteroatoms. The predicted molar refractivity (Wildman–Crippen MR) is 66.0 cm³/mol. The standard InChI is InChI=1S/C12H15N3O2/c1-2-3-4-5-12-13-10-7-6-9(15(16)17)8-11(10)14-12/h6-8H,2-5H2,1H3,(H,13,14). The summed E-state index contributed by atoms with van der Waals surface area (Å²) in [6, 6.07) is 4.71. The van der Waals surface area contributed by atoms with Crippen molar-refractivity contribution in [2.24, 2.45) is 0 Å². The van der Waals surface area contributed by atoms with Crippen LogP contribution in [-0.4, -0.2) is 14.9 Å². The molecule has 0 unspecified atom stereocenters. The molecule has 0 atom stereocenters. The van der Waals surface area contributed by atoms with Gasteiger partial charge in [0.2, 0.25) is 0 Å². The van der Waals surface area contributed by atoms with Crippen molar-refractivity contribution in [1.29, 1.82) is 0 Å². The van der Waals surface area contributed by atoms with Crippen LogP contribution in [0.5, 0.6) is 0 Å². The minimum atomic E-state index is -0.392. The topological polar surface area (TPSA) is 71.8 Å². The van der Waals surface area contributed by atoms with E-state index in [4.69, 9.17) is 0 Å². The van der Waals surface area contributed by atoms with Crippen molar-refractivity contribution in [1.82, 2.24) is 9.97 Å². The number of nitro benzene ring substituents is 1. The normalized spacial score (nSPS) is 10.9. The number of unbranched alkanes of at least 4 members (excludes halogenated alkanes) is 2. The summed E-state index contributed by atoms with van der Waals surface area (Å²) in [6.07, 6.45) is 4.34. The molecular formula is C12H15N3O2. The molecule has 2 aromatic rings. The van der Waals surface area contributed by atoms with Gasteiger partial charge in [-0.2, -0.15) is 0 Å². The maximum absolute atomic E-state index is 10.6. The molecule has 0 aliphatic carbocycles. The number of fused-ring (bicyclic) bond motifs is 1. The first-order valence-electron chi connectivity index (χ1n) is 5.83. The molecule has 0 aliphatic heterocycles. The SMILES string of the molecule is CCCCCc1nc2ccc([N+](=O)[O-])cc2[nH]1. The number of non-ortho nitro benzene ring substituents is 1. The van der Waals surface area contributed by atoms with Crippen molar-refractivity contribution in [3.63, 3.8) is 0 Å². The Kier molecular flexibility index (Phi) is 3.37. The summed E-state index contributed by atoms with van der Waals surface area (Å²) in [5.41, 5.74) is 1.63. The van der Waals surface area contributed by atoms with Gasteiger partial charge in [-0.15, -0.1) is 0 Å². The summed E-state index contributed by atoms with van der Waals surface area (Å²) in [5.74, 6) is 0.911. The summed E-state index contributed by atoms with van der Waals surface area (Å²) >= 11 is 0. The van der Waals surface area contributed by atoms with Crippen LogP contribution in [0.25, 0.3) is 11.0 Å². The molecule has 0 saturated carbocycles. The first-order chi connectivity index (χ1) is 8.20. The van der Waals surface area contributed by atoms with E-state index in [-0.39, 0.29) is 5.69 Å². The maximum Gasteiger partial charge on any atom is 0.271 e. The van der Waals surface area contributed by atoms with Crippen LogP contribution in [0.4, 0.5) is 5.69 Å². The molecule has 1 heterocycles. The molecule has 5 nitrogen and oxygen atoms in total. The third-order valence-electron chi connectivity index (χ3n) is 2.74. The van der Waals surface area contributed by atoms with Crippen LogP contribution in [0.15, 0.2) is 18.2 Å². The fourth-order valence-corrected chi connectivity index (χ4v) is 1.82. The van der Waals surface area contributed by atoms with Gasteiger partial charge >= 0.3 is 0 Å². The van der Waals surface area contributed by atoms with Crippen molar-refractivity contribution in [2.75, 3.05) is 0 Å². The number of hydrogen-bond donors (Lipinski definition) is 1. The summed E-state index contributed by atoms with van der Waals surface area (Å²) in [5, 5.41) is 10.6. The minimum absolute atomic E-state index is 0.0984. The molecule has 1 aromatic heterocycles. The average Bonchev–Trinajstić information content (AvgIpc) is 2.70. The van der Waals surface area contributed by atoms with Gasteiger partial charge in [-0.05, 0) is 12.5 Å². The van der Waals surface area contributed by atoms with Crippen molar-refractivity contribution in [2.45, 2.75) is 32.6 Å². The molecule has 1 aromatic carbocycles. The molecular weight excluding hydrogens is 218 g/mol. The van der Waals surface area contributed by atoms with Crippen LogP contribution in [0.1, 0.15) is 32.0 Å². The van der Waals surface area contributed by atoms with E-state index in [1.54, 1.807) is 6.07 Å². The summed E-state index contributed by atoms with van der Waals surface area (Å²) < 4.78 is 0. The highest BCUT2D eigenvalue weighted by atomic mass is 16.6. The molecule has 0 spiro atoms. The lowest BCUT2D eigenvalue weighted by atomic mass is 10.2. The van der Waals surface area contributed by atoms with E-state index in [2.05, 4.69) is 16.9 Å². The molecule has 0 amide bonds. The number of aromatic amines is 1. The number of imidazole rings is 1. The lowest BCUT2D eigenvalue weighted by Crippen LogP contribution is -1.87. The number of aromatic nitrogens is 2. The van der Waals surface area contributed by atoms with E-state index in [9.17, 15) is 10.1 Å². The van der Waals surface area contributed by atoms with Crippen LogP contribution >= 0.6 is 0 Å². The quantitative estimate of drug-likeness (QED) is 0.489. The Balaban J connectivity index is 2.21. The first-order valence-corrected chi connectivity index (χ1v) is 5.83. The van der Waals surface area contributed by atoms with Crippen LogP contribution in [-0.2, 0) is 6.42 Å². The lowest BCUT2D eigenvalue weighted by Gasteiger charge is -1.93. The number of benzene rings is 1. The van der Waals surface area contributed by atoms with E-state index in [1.807, 2.05) is 0 Å². The van der Waals surface area contributed by atoms with Crippen LogP contribution < -0.4 is 0 Å². The van der Waals surface area contributed by atoms with E-state index in [0.29, 0.717) is 0 Å². The van der Waals surface area contributed by atoms with Gasteiger partial charge < -0.3 is 4.98 Å². The second-order valence-corrected chi connectivity index (χ2v) is 4.10. The number of H-pyrrole nitrogens is 1. The van der Waals surface area contributed by atoms with Gasteiger partial charge in [0.15, 0.2) is 0 Å². The monoisotopic (exact) mass is 233 g/mol. The van der Waals surface area contributed by atoms with Crippen molar-refractivity contribution >= 4 is 16.7 Å². The van der Waals surface area contributed by atoms with Crippen molar-refractivity contribution in [3.8, 4) is 0 Å². The first kappa shape index (κ1) is 11.6. The van der Waals surface area contributed by atoms with Crippen LogP contribution in [0, 0.1) is 10.1 Å². The fraction of sp³-hybridized carbons (Fsp3) is 0.417. The average molecular weight is 233 g/mol. The molecule has 0 bridgehead atoms. The second-order valence-electron chi connectivity index (χ2n) is 4.10. The molecule has 0 radical (unpaired) electrons. The number of nitrogens with zero attached hydrogens (tertiary/aromatic N) is 2. The number of hydrogen-bond acceptors (Lipinski definition) is 3. The predicted octanol–water partition coefficient (Wildman–Crippen LogP) is 3.20. The zero-order valence-corrected chi connectivity index (χ0v) is 9.77. The second kappa shape index (κ2) is 4.95. The molecule has 2 rings (SSSR count). The highest BCUT2D eigenvalue weighted by Crippen LogP contribution is 2.19. The zero-order valence-electron chi connectivity index (χ0n) is 9.77. The van der Waals surface area contributed by atoms with E-state index < -0.39 is 4.92 Å². The van der Waals surface area contributed by atoms with Crippen LogP contribution in [0.2, 0.25) is 0 Å². The number of aryl methyl sites for hydroxylation is 1. The largest absolute Gasteiger partial charge is 0.342 e. The van der Waals surface area contributed by atoms with Gasteiger partial charge in [0, 0.05) is 18.6 Å². The number of rotatable bonds is 5. The minimum Gasteiger partial charge on any atom is -0.342 e. The van der Waals surface area contributed by atoms with Gasteiger partial charge in [0.05, 0.1) is 16.0 Å². The number of nitro groups is 1. The molecule has 17 heavy (non-hydrogen) atoms. The van der Waals surface area contributed by atoms with Gasteiger partial charge in [-0.3, -0.25) is 10.1 Å². The zero-order chi connectivity index (χ0) is 12.3. The van der Waals surface area contributed by atoms with Crippen LogP contribution in [0.3, 0.4) is 0 Å². The maximum atomic E-state index is 10.6. The fourth-order valence-electron chi connectivity index (χ4n) is 1.82. The van der Waals surface area contributed by atoms with E-state index in [0.717, 1.165) is 29.7 Å². The Morgan fingerprint density at radius 1 is 1.41 bits per heavy atom. The van der Waals surface area contributed by atoms with Crippen molar-refractivity contribution < 1.29 is 4.92 Å². The summed E-state index contributed by atoms with van der Waals surface area (Å²) in [6.45, 7) is 2.15. The number of nitrogens with one attached hydrogen (secondary N) is 1. The lowest BCUT2D eigenvalue weighted by molar-refractivity contribution is -0.384. The van der Waals surface area contributed by atoms with E-state index >= 15 is 0 Å². The van der Waals surface area contributed by atoms with E-state index in [1.165, 1.54) is 25.0 Å².